The first-order valence-electron chi connectivity index (χ1n) is 18.7. The Labute approximate surface area is 354 Å². The number of hydrogen-bond acceptors (Lipinski definition) is 6. The Morgan fingerprint density at radius 3 is 0.578 bits per heavy atom. The van der Waals surface area contributed by atoms with E-state index in [1.807, 2.05) is 0 Å². The molecule has 0 radical (unpaired) electrons. The van der Waals surface area contributed by atoms with Crippen LogP contribution >= 0.6 is 0 Å². The fourth-order valence-electron chi connectivity index (χ4n) is 6.85. The smallest absolute Gasteiger partial charge is 0.208 e. The Bertz CT molecular complexity index is 2580. The molecule has 8 rings (SSSR count). The van der Waals surface area contributed by atoms with Crippen molar-refractivity contribution in [2.45, 2.75) is 24.7 Å². The maximum Gasteiger partial charge on any atom is 0.417 e. The molecule has 6 aromatic carbocycles. The number of alkyl halides is 12. The molecule has 0 fully saturated rings. The maximum atomic E-state index is 15.3. The highest BCUT2D eigenvalue weighted by Gasteiger charge is 2.49. The van der Waals surface area contributed by atoms with E-state index < -0.39 is 80.9 Å². The van der Waals surface area contributed by atoms with E-state index in [0.717, 1.165) is 0 Å². The van der Waals surface area contributed by atoms with E-state index in [-0.39, 0.29) is 69.8 Å². The van der Waals surface area contributed by atoms with Gasteiger partial charge in [-0.2, -0.15) is 52.7 Å². The lowest BCUT2D eigenvalue weighted by Gasteiger charge is -2.26. The van der Waals surface area contributed by atoms with Gasteiger partial charge in [0.15, 0.2) is 34.9 Å². The van der Waals surface area contributed by atoms with Gasteiger partial charge in [-0.3, -0.25) is 0 Å². The van der Waals surface area contributed by atoms with E-state index in [0.29, 0.717) is 0 Å². The van der Waals surface area contributed by atoms with E-state index in [2.05, 4.69) is 29.9 Å². The van der Waals surface area contributed by atoms with Crippen LogP contribution in [0.3, 0.4) is 0 Å². The molecule has 0 N–H and O–H groups in total. The zero-order chi connectivity index (χ0) is 45.6. The quantitative estimate of drug-likeness (QED) is 0.148. The molecule has 0 saturated carbocycles. The summed E-state index contributed by atoms with van der Waals surface area (Å²) in [7, 11) is 0. The molecule has 8 aromatic rings. The van der Waals surface area contributed by atoms with Gasteiger partial charge in [0, 0.05) is 44.5 Å². The molecular weight excluding hydrogens is 865 g/mol. The lowest BCUT2D eigenvalue weighted by molar-refractivity contribution is -0.146. The second-order valence-corrected chi connectivity index (χ2v) is 14.0. The average molecular weight is 889 g/mol. The van der Waals surface area contributed by atoms with Crippen LogP contribution in [-0.4, -0.2) is 29.9 Å². The third kappa shape index (κ3) is 8.89. The van der Waals surface area contributed by atoms with Crippen LogP contribution in [0.25, 0.3) is 79.5 Å². The van der Waals surface area contributed by atoms with Gasteiger partial charge < -0.3 is 0 Å². The van der Waals surface area contributed by atoms with Crippen molar-refractivity contribution in [1.82, 2.24) is 29.9 Å². The minimum atomic E-state index is -6.00. The lowest BCUT2D eigenvalue weighted by atomic mass is 9.84. The zero-order valence-electron chi connectivity index (χ0n) is 32.1. The minimum Gasteiger partial charge on any atom is -0.208 e. The molecule has 6 nitrogen and oxygen atoms in total. The van der Waals surface area contributed by atoms with E-state index >= 15 is 52.7 Å². The summed E-state index contributed by atoms with van der Waals surface area (Å²) in [5.74, 6) is -2.45. The Morgan fingerprint density at radius 1 is 0.234 bits per heavy atom. The van der Waals surface area contributed by atoms with Gasteiger partial charge in [0.25, 0.3) is 0 Å². The van der Waals surface area contributed by atoms with Crippen LogP contribution in [0.15, 0.2) is 146 Å². The number of benzene rings is 6. The number of rotatable bonds is 7. The molecule has 2 heterocycles. The van der Waals surface area contributed by atoms with E-state index in [1.54, 1.807) is 72.8 Å². The minimum absolute atomic E-state index is 0.0120. The second-order valence-electron chi connectivity index (χ2n) is 14.0. The second kappa shape index (κ2) is 16.3. The van der Waals surface area contributed by atoms with Gasteiger partial charge in [0.1, 0.15) is 0 Å². The first-order valence-corrected chi connectivity index (χ1v) is 18.7. The monoisotopic (exact) mass is 888 g/mol. The van der Waals surface area contributed by atoms with Crippen LogP contribution in [0.2, 0.25) is 0 Å². The normalized spacial score (nSPS) is 12.4. The third-order valence-electron chi connectivity index (χ3n) is 9.66. The summed E-state index contributed by atoms with van der Waals surface area (Å²) >= 11 is 0. The highest BCUT2D eigenvalue weighted by Crippen LogP contribution is 2.53. The zero-order valence-corrected chi connectivity index (χ0v) is 32.1. The standard InChI is InChI=1S/C46H24F12N6/c47-43(48,49)31-21-29(41-61-37(25-13-5-1-6-14-25)59-38(62-41)26-15-7-2-8-16-26)22-32(44(50,51)52)35(31)36-33(45(53,54)55)23-30(24-34(36)46(56,57)58)42-63-39(27-17-9-3-10-18-27)60-40(64-42)28-19-11-4-12-20-28/h1-24H. The summed E-state index contributed by atoms with van der Waals surface area (Å²) in [6.45, 7) is 0. The Hall–Kier alpha value is -7.50. The van der Waals surface area contributed by atoms with Crippen LogP contribution in [0.4, 0.5) is 52.7 Å². The fourth-order valence-corrected chi connectivity index (χ4v) is 6.85. The average Bonchev–Trinajstić information content (AvgIpc) is 3.28. The molecule has 0 aliphatic heterocycles. The number of hydrogen-bond donors (Lipinski definition) is 0. The molecule has 0 saturated heterocycles. The first kappa shape index (κ1) is 43.2. The van der Waals surface area contributed by atoms with Gasteiger partial charge in [-0.1, -0.05) is 121 Å². The van der Waals surface area contributed by atoms with Gasteiger partial charge in [0.2, 0.25) is 0 Å². The molecule has 0 aliphatic carbocycles. The molecule has 64 heavy (non-hydrogen) atoms. The summed E-state index contributed by atoms with van der Waals surface area (Å²) in [5.41, 5.74) is -15.9. The van der Waals surface area contributed by atoms with E-state index in [4.69, 9.17) is 0 Å². The SMILES string of the molecule is FC(F)(F)c1cc(-c2nc(-c3ccccc3)nc(-c3ccccc3)n2)cc(C(F)(F)F)c1-c1c(C(F)(F)F)cc(-c2nc(-c3ccccc3)nc(-c3ccccc3)n2)cc1C(F)(F)F. The van der Waals surface area contributed by atoms with Crippen molar-refractivity contribution in [2.75, 3.05) is 0 Å². The molecule has 0 aliphatic rings. The van der Waals surface area contributed by atoms with Crippen LogP contribution in [0.5, 0.6) is 0 Å². The largest absolute Gasteiger partial charge is 0.417 e. The molecule has 2 aromatic heterocycles. The van der Waals surface area contributed by atoms with Crippen molar-refractivity contribution in [3.63, 3.8) is 0 Å². The topological polar surface area (TPSA) is 77.3 Å². The highest BCUT2D eigenvalue weighted by molar-refractivity contribution is 5.84. The van der Waals surface area contributed by atoms with Crippen LogP contribution in [0.1, 0.15) is 22.3 Å². The summed E-state index contributed by atoms with van der Waals surface area (Å²) in [5, 5.41) is 0. The summed E-state index contributed by atoms with van der Waals surface area (Å²) < 4.78 is 183. The van der Waals surface area contributed by atoms with Gasteiger partial charge in [-0.05, 0) is 24.3 Å². The number of nitrogens with zero attached hydrogens (tertiary/aromatic N) is 6. The van der Waals surface area contributed by atoms with Crippen molar-refractivity contribution in [2.24, 2.45) is 0 Å². The summed E-state index contributed by atoms with van der Waals surface area (Å²) in [6, 6.07) is 30.7. The predicted octanol–water partition coefficient (Wildman–Crippen LogP) is 13.8. The van der Waals surface area contributed by atoms with E-state index in [9.17, 15) is 0 Å². The molecule has 0 unspecified atom stereocenters. The number of aromatic nitrogens is 6. The lowest BCUT2D eigenvalue weighted by Crippen LogP contribution is -2.21. The molecule has 322 valence electrons. The fraction of sp³-hybridized carbons (Fsp3) is 0.0870. The Balaban J connectivity index is 1.44. The van der Waals surface area contributed by atoms with Gasteiger partial charge in [-0.15, -0.1) is 0 Å². The van der Waals surface area contributed by atoms with Crippen molar-refractivity contribution >= 4 is 0 Å². The molecular formula is C46H24F12N6. The van der Waals surface area contributed by atoms with Crippen molar-refractivity contribution in [3.05, 3.63) is 168 Å². The molecule has 0 spiro atoms. The van der Waals surface area contributed by atoms with E-state index in [1.165, 1.54) is 48.5 Å². The van der Waals surface area contributed by atoms with Gasteiger partial charge in [-0.25, -0.2) is 29.9 Å². The summed E-state index contributed by atoms with van der Waals surface area (Å²) in [6.07, 6.45) is -24.0. The number of halogens is 12. The van der Waals surface area contributed by atoms with Crippen LogP contribution in [-0.2, 0) is 24.7 Å². The Kier molecular flexibility index (Phi) is 11.0. The van der Waals surface area contributed by atoms with Crippen molar-refractivity contribution in [3.8, 4) is 79.5 Å². The highest BCUT2D eigenvalue weighted by atomic mass is 19.4. The molecule has 0 atom stereocenters. The summed E-state index contributed by atoms with van der Waals surface area (Å²) in [4.78, 5) is 25.2. The van der Waals surface area contributed by atoms with Crippen LogP contribution < -0.4 is 0 Å². The molecule has 18 heteroatoms. The van der Waals surface area contributed by atoms with Crippen molar-refractivity contribution in [1.29, 1.82) is 0 Å². The predicted molar refractivity (Wildman–Crippen MR) is 211 cm³/mol. The molecule has 0 bridgehead atoms. The maximum absolute atomic E-state index is 15.3. The van der Waals surface area contributed by atoms with Crippen molar-refractivity contribution < 1.29 is 52.7 Å². The Morgan fingerprint density at radius 2 is 0.406 bits per heavy atom. The third-order valence-corrected chi connectivity index (χ3v) is 9.66. The van der Waals surface area contributed by atoms with Crippen LogP contribution in [0, 0.1) is 0 Å². The first-order chi connectivity index (χ1) is 30.3. The van der Waals surface area contributed by atoms with Gasteiger partial charge >= 0.3 is 24.7 Å². The molecule has 0 amide bonds. The van der Waals surface area contributed by atoms with Gasteiger partial charge in [0.05, 0.1) is 22.3 Å².